The number of para-hydroxylation sites is 1. The van der Waals surface area contributed by atoms with Crippen molar-refractivity contribution in [1.29, 1.82) is 0 Å². The third-order valence-electron chi connectivity index (χ3n) is 5.24. The van der Waals surface area contributed by atoms with Crippen LogP contribution in [0.25, 0.3) is 11.1 Å². The highest BCUT2D eigenvalue weighted by Crippen LogP contribution is 2.21. The number of hydrogen-bond acceptors (Lipinski definition) is 2. The van der Waals surface area contributed by atoms with E-state index in [9.17, 15) is 9.18 Å². The van der Waals surface area contributed by atoms with Gasteiger partial charge in [0.15, 0.2) is 0 Å². The Morgan fingerprint density at radius 3 is 2.04 bits per heavy atom. The molecule has 0 N–H and O–H groups in total. The van der Waals surface area contributed by atoms with Crippen molar-refractivity contribution >= 4 is 11.6 Å². The molecule has 3 aromatic carbocycles. The fourth-order valence-corrected chi connectivity index (χ4v) is 3.64. The molecule has 3 nitrogen and oxygen atoms in total. The van der Waals surface area contributed by atoms with Crippen LogP contribution < -0.4 is 4.90 Å². The number of hydrogen-bond donors (Lipinski definition) is 0. The topological polar surface area (TPSA) is 23.6 Å². The van der Waals surface area contributed by atoms with Gasteiger partial charge in [0.25, 0.3) is 0 Å². The number of carbonyl (C=O) groups is 1. The van der Waals surface area contributed by atoms with E-state index in [1.165, 1.54) is 11.6 Å². The number of benzene rings is 3. The lowest BCUT2D eigenvalue weighted by atomic mass is 10.0. The molecule has 0 unspecified atom stereocenters. The number of amides is 1. The second kappa shape index (κ2) is 8.26. The van der Waals surface area contributed by atoms with Gasteiger partial charge in [0.05, 0.1) is 12.1 Å². The average Bonchev–Trinajstić information content (AvgIpc) is 2.75. The first kappa shape index (κ1) is 18.2. The first-order chi connectivity index (χ1) is 13.7. The average molecular weight is 374 g/mol. The maximum Gasteiger partial charge on any atom is 0.227 e. The maximum atomic E-state index is 14.0. The quantitative estimate of drug-likeness (QED) is 0.676. The molecule has 1 amide bonds. The van der Waals surface area contributed by atoms with E-state index in [2.05, 4.69) is 24.3 Å². The minimum atomic E-state index is -0.208. The smallest absolute Gasteiger partial charge is 0.227 e. The Hall–Kier alpha value is -3.14. The van der Waals surface area contributed by atoms with Crippen molar-refractivity contribution < 1.29 is 9.18 Å². The van der Waals surface area contributed by atoms with Crippen LogP contribution in [0.5, 0.6) is 0 Å². The van der Waals surface area contributed by atoms with Crippen LogP contribution in [-0.2, 0) is 11.2 Å². The van der Waals surface area contributed by atoms with E-state index in [4.69, 9.17) is 0 Å². The summed E-state index contributed by atoms with van der Waals surface area (Å²) in [5.41, 5.74) is 3.95. The van der Waals surface area contributed by atoms with Crippen LogP contribution in [0.1, 0.15) is 5.56 Å². The highest BCUT2D eigenvalue weighted by Gasteiger charge is 2.22. The van der Waals surface area contributed by atoms with Gasteiger partial charge in [-0.3, -0.25) is 4.79 Å². The van der Waals surface area contributed by atoms with Crippen LogP contribution in [0.3, 0.4) is 0 Å². The fraction of sp³-hybridized carbons (Fsp3) is 0.208. The van der Waals surface area contributed by atoms with Gasteiger partial charge < -0.3 is 9.80 Å². The molecule has 142 valence electrons. The molecule has 28 heavy (non-hydrogen) atoms. The highest BCUT2D eigenvalue weighted by molar-refractivity contribution is 5.79. The fourth-order valence-electron chi connectivity index (χ4n) is 3.64. The molecular formula is C24H23FN2O. The number of anilines is 1. The van der Waals surface area contributed by atoms with Crippen LogP contribution in [0.2, 0.25) is 0 Å². The molecule has 0 aromatic heterocycles. The number of nitrogens with zero attached hydrogens (tertiary/aromatic N) is 2. The largest absolute Gasteiger partial charge is 0.366 e. The molecular weight excluding hydrogens is 351 g/mol. The van der Waals surface area contributed by atoms with Crippen LogP contribution in [0, 0.1) is 5.82 Å². The zero-order valence-corrected chi connectivity index (χ0v) is 15.7. The van der Waals surface area contributed by atoms with Crippen LogP contribution >= 0.6 is 0 Å². The maximum absolute atomic E-state index is 14.0. The van der Waals surface area contributed by atoms with Crippen molar-refractivity contribution in [1.82, 2.24) is 4.90 Å². The lowest BCUT2D eigenvalue weighted by Crippen LogP contribution is -2.49. The Morgan fingerprint density at radius 1 is 0.750 bits per heavy atom. The molecule has 1 aliphatic rings. The molecule has 3 aromatic rings. The molecule has 4 rings (SSSR count). The Kier molecular flexibility index (Phi) is 5.38. The molecule has 0 spiro atoms. The molecule has 0 aliphatic carbocycles. The van der Waals surface area contributed by atoms with E-state index in [0.29, 0.717) is 38.3 Å². The molecule has 0 saturated carbocycles. The lowest BCUT2D eigenvalue weighted by Gasteiger charge is -2.36. The third-order valence-corrected chi connectivity index (χ3v) is 5.24. The van der Waals surface area contributed by atoms with Gasteiger partial charge in [0.2, 0.25) is 5.91 Å². The van der Waals surface area contributed by atoms with Crippen LogP contribution in [0.4, 0.5) is 10.1 Å². The summed E-state index contributed by atoms with van der Waals surface area (Å²) in [5.74, 6) is -0.0820. The molecule has 1 saturated heterocycles. The first-order valence-electron chi connectivity index (χ1n) is 9.62. The normalized spacial score (nSPS) is 14.2. The number of halogens is 1. The van der Waals surface area contributed by atoms with E-state index in [-0.39, 0.29) is 11.7 Å². The standard InChI is InChI=1S/C24H23FN2O/c25-22-8-4-5-9-23(22)26-14-16-27(17-15-26)24(28)18-19-10-12-21(13-11-19)20-6-2-1-3-7-20/h1-13H,14-18H2. The monoisotopic (exact) mass is 374 g/mol. The van der Waals surface area contributed by atoms with Crippen molar-refractivity contribution in [3.8, 4) is 11.1 Å². The minimum Gasteiger partial charge on any atom is -0.366 e. The predicted molar refractivity (Wildman–Crippen MR) is 111 cm³/mol. The van der Waals surface area contributed by atoms with Gasteiger partial charge >= 0.3 is 0 Å². The lowest BCUT2D eigenvalue weighted by molar-refractivity contribution is -0.130. The van der Waals surface area contributed by atoms with Gasteiger partial charge in [0.1, 0.15) is 5.82 Å². The van der Waals surface area contributed by atoms with Crippen molar-refractivity contribution in [3.05, 3.63) is 90.2 Å². The predicted octanol–water partition coefficient (Wildman–Crippen LogP) is 4.38. The zero-order chi connectivity index (χ0) is 19.3. The number of piperazine rings is 1. The van der Waals surface area contributed by atoms with Crippen molar-refractivity contribution in [3.63, 3.8) is 0 Å². The summed E-state index contributed by atoms with van der Waals surface area (Å²) in [6.07, 6.45) is 0.398. The second-order valence-corrected chi connectivity index (χ2v) is 7.06. The van der Waals surface area contributed by atoms with E-state index in [1.807, 2.05) is 46.2 Å². The third kappa shape index (κ3) is 4.06. The summed E-state index contributed by atoms with van der Waals surface area (Å²) >= 11 is 0. The summed E-state index contributed by atoms with van der Waals surface area (Å²) in [6, 6.07) is 25.2. The summed E-state index contributed by atoms with van der Waals surface area (Å²) in [7, 11) is 0. The molecule has 4 heteroatoms. The van der Waals surface area contributed by atoms with Crippen molar-refractivity contribution in [2.45, 2.75) is 6.42 Å². The van der Waals surface area contributed by atoms with Gasteiger partial charge in [-0.05, 0) is 28.8 Å². The van der Waals surface area contributed by atoms with Crippen molar-refractivity contribution in [2.24, 2.45) is 0 Å². The Morgan fingerprint density at radius 2 is 1.36 bits per heavy atom. The summed E-state index contributed by atoms with van der Waals surface area (Å²) in [6.45, 7) is 2.55. The van der Waals surface area contributed by atoms with E-state index < -0.39 is 0 Å². The van der Waals surface area contributed by atoms with Crippen LogP contribution in [-0.4, -0.2) is 37.0 Å². The van der Waals surface area contributed by atoms with E-state index >= 15 is 0 Å². The van der Waals surface area contributed by atoms with Gasteiger partial charge in [0, 0.05) is 26.2 Å². The van der Waals surface area contributed by atoms with Gasteiger partial charge in [-0.25, -0.2) is 4.39 Å². The second-order valence-electron chi connectivity index (χ2n) is 7.06. The summed E-state index contributed by atoms with van der Waals surface area (Å²) in [4.78, 5) is 16.6. The van der Waals surface area contributed by atoms with Gasteiger partial charge in [-0.15, -0.1) is 0 Å². The first-order valence-corrected chi connectivity index (χ1v) is 9.62. The number of carbonyl (C=O) groups excluding carboxylic acids is 1. The molecule has 1 fully saturated rings. The minimum absolute atomic E-state index is 0.126. The number of rotatable bonds is 4. The summed E-state index contributed by atoms with van der Waals surface area (Å²) in [5, 5.41) is 0. The molecule has 0 bridgehead atoms. The molecule has 0 radical (unpaired) electrons. The Bertz CT molecular complexity index is 932. The Labute approximate surface area is 165 Å². The van der Waals surface area contributed by atoms with E-state index in [0.717, 1.165) is 11.1 Å². The van der Waals surface area contributed by atoms with Gasteiger partial charge in [-0.1, -0.05) is 66.7 Å². The Balaban J connectivity index is 1.34. The zero-order valence-electron chi connectivity index (χ0n) is 15.7. The summed E-state index contributed by atoms with van der Waals surface area (Å²) < 4.78 is 14.0. The highest BCUT2D eigenvalue weighted by atomic mass is 19.1. The van der Waals surface area contributed by atoms with Crippen molar-refractivity contribution in [2.75, 3.05) is 31.1 Å². The van der Waals surface area contributed by atoms with Gasteiger partial charge in [-0.2, -0.15) is 0 Å². The molecule has 0 atom stereocenters. The molecule has 1 heterocycles. The SMILES string of the molecule is O=C(Cc1ccc(-c2ccccc2)cc1)N1CCN(c2ccccc2F)CC1. The van der Waals surface area contributed by atoms with E-state index in [1.54, 1.807) is 12.1 Å². The molecule has 1 aliphatic heterocycles. The van der Waals surface area contributed by atoms with Crippen LogP contribution in [0.15, 0.2) is 78.9 Å².